The van der Waals surface area contributed by atoms with E-state index in [0.29, 0.717) is 17.1 Å². The van der Waals surface area contributed by atoms with Crippen LogP contribution >= 0.6 is 0 Å². The lowest BCUT2D eigenvalue weighted by atomic mass is 10.1. The standard InChI is InChI=1S/C18H22N2O3/c1-4-9-19-14-5-7-15(8-6-14)20-18(21)13-10-16(22-2)12-17(11-13)23-3/h5-8,10-12,19H,4,9H2,1-3H3,(H,20,21). The summed E-state index contributed by atoms with van der Waals surface area (Å²) in [5, 5.41) is 6.16. The second-order valence-corrected chi connectivity index (χ2v) is 5.06. The Labute approximate surface area is 136 Å². The lowest BCUT2D eigenvalue weighted by Gasteiger charge is -2.10. The van der Waals surface area contributed by atoms with Crippen LogP contribution in [0.3, 0.4) is 0 Å². The average molecular weight is 314 g/mol. The molecular formula is C18H22N2O3. The van der Waals surface area contributed by atoms with Gasteiger partial charge in [0.1, 0.15) is 11.5 Å². The maximum absolute atomic E-state index is 12.4. The van der Waals surface area contributed by atoms with Crippen molar-refractivity contribution < 1.29 is 14.3 Å². The summed E-state index contributed by atoms with van der Waals surface area (Å²) in [5.74, 6) is 0.943. The zero-order chi connectivity index (χ0) is 16.7. The Morgan fingerprint density at radius 2 is 1.52 bits per heavy atom. The summed E-state index contributed by atoms with van der Waals surface area (Å²) in [5.41, 5.74) is 2.25. The lowest BCUT2D eigenvalue weighted by Crippen LogP contribution is -2.12. The summed E-state index contributed by atoms with van der Waals surface area (Å²) < 4.78 is 10.4. The van der Waals surface area contributed by atoms with Crippen molar-refractivity contribution in [3.8, 4) is 11.5 Å². The van der Waals surface area contributed by atoms with Crippen LogP contribution in [-0.4, -0.2) is 26.7 Å². The molecule has 0 saturated carbocycles. The van der Waals surface area contributed by atoms with E-state index in [-0.39, 0.29) is 5.91 Å². The Balaban J connectivity index is 2.09. The molecule has 2 aromatic rings. The molecule has 0 aliphatic rings. The Morgan fingerprint density at radius 1 is 0.957 bits per heavy atom. The third kappa shape index (κ3) is 4.64. The van der Waals surface area contributed by atoms with Gasteiger partial charge in [0.2, 0.25) is 0 Å². The van der Waals surface area contributed by atoms with Crippen molar-refractivity contribution in [2.75, 3.05) is 31.4 Å². The van der Waals surface area contributed by atoms with Gasteiger partial charge in [-0.1, -0.05) is 6.92 Å². The minimum Gasteiger partial charge on any atom is -0.497 e. The SMILES string of the molecule is CCCNc1ccc(NC(=O)c2cc(OC)cc(OC)c2)cc1. The van der Waals surface area contributed by atoms with Crippen molar-refractivity contribution in [3.05, 3.63) is 48.0 Å². The van der Waals surface area contributed by atoms with Crippen molar-refractivity contribution >= 4 is 17.3 Å². The van der Waals surface area contributed by atoms with Crippen LogP contribution in [0.5, 0.6) is 11.5 Å². The molecule has 0 heterocycles. The normalized spacial score (nSPS) is 10.0. The van der Waals surface area contributed by atoms with E-state index in [9.17, 15) is 4.79 Å². The van der Waals surface area contributed by atoms with E-state index in [1.54, 1.807) is 32.4 Å². The maximum atomic E-state index is 12.4. The molecule has 5 heteroatoms. The number of methoxy groups -OCH3 is 2. The van der Waals surface area contributed by atoms with Gasteiger partial charge in [-0.15, -0.1) is 0 Å². The van der Waals surface area contributed by atoms with Gasteiger partial charge in [-0.3, -0.25) is 4.79 Å². The zero-order valence-electron chi connectivity index (χ0n) is 13.7. The number of anilines is 2. The van der Waals surface area contributed by atoms with Crippen LogP contribution in [0.15, 0.2) is 42.5 Å². The van der Waals surface area contributed by atoms with Gasteiger partial charge in [-0.05, 0) is 42.8 Å². The summed E-state index contributed by atoms with van der Waals surface area (Å²) in [7, 11) is 3.11. The van der Waals surface area contributed by atoms with Crippen molar-refractivity contribution in [2.45, 2.75) is 13.3 Å². The van der Waals surface area contributed by atoms with Crippen LogP contribution in [0.4, 0.5) is 11.4 Å². The van der Waals surface area contributed by atoms with E-state index in [1.165, 1.54) is 0 Å². The number of ether oxygens (including phenoxy) is 2. The van der Waals surface area contributed by atoms with Crippen LogP contribution in [-0.2, 0) is 0 Å². The predicted molar refractivity (Wildman–Crippen MR) is 92.7 cm³/mol. The van der Waals surface area contributed by atoms with Crippen molar-refractivity contribution in [3.63, 3.8) is 0 Å². The van der Waals surface area contributed by atoms with Gasteiger partial charge in [-0.2, -0.15) is 0 Å². The van der Waals surface area contributed by atoms with Crippen LogP contribution in [0.25, 0.3) is 0 Å². The zero-order valence-corrected chi connectivity index (χ0v) is 13.7. The molecule has 2 aromatic carbocycles. The summed E-state index contributed by atoms with van der Waals surface area (Å²) in [6.45, 7) is 3.04. The smallest absolute Gasteiger partial charge is 0.255 e. The van der Waals surface area contributed by atoms with E-state index < -0.39 is 0 Å². The number of carbonyl (C=O) groups is 1. The highest BCUT2D eigenvalue weighted by Gasteiger charge is 2.10. The molecule has 0 bridgehead atoms. The molecule has 122 valence electrons. The van der Waals surface area contributed by atoms with E-state index in [1.807, 2.05) is 24.3 Å². The molecule has 0 saturated heterocycles. The third-order valence-corrected chi connectivity index (χ3v) is 3.34. The summed E-state index contributed by atoms with van der Waals surface area (Å²) in [6, 6.07) is 12.7. The molecule has 2 rings (SSSR count). The van der Waals surface area contributed by atoms with Crippen LogP contribution in [0.2, 0.25) is 0 Å². The molecule has 1 amide bonds. The van der Waals surface area contributed by atoms with Gasteiger partial charge in [-0.25, -0.2) is 0 Å². The molecule has 5 nitrogen and oxygen atoms in total. The van der Waals surface area contributed by atoms with Crippen molar-refractivity contribution in [1.29, 1.82) is 0 Å². The quantitative estimate of drug-likeness (QED) is 0.816. The Bertz CT molecular complexity index is 632. The van der Waals surface area contributed by atoms with Gasteiger partial charge >= 0.3 is 0 Å². The monoisotopic (exact) mass is 314 g/mol. The van der Waals surface area contributed by atoms with Gasteiger partial charge < -0.3 is 20.1 Å². The summed E-state index contributed by atoms with van der Waals surface area (Å²) in [4.78, 5) is 12.4. The van der Waals surface area contributed by atoms with Gasteiger partial charge in [0.15, 0.2) is 0 Å². The van der Waals surface area contributed by atoms with E-state index in [4.69, 9.17) is 9.47 Å². The van der Waals surface area contributed by atoms with Gasteiger partial charge in [0, 0.05) is 29.5 Å². The van der Waals surface area contributed by atoms with E-state index >= 15 is 0 Å². The fourth-order valence-electron chi connectivity index (χ4n) is 2.08. The number of carbonyl (C=O) groups excluding carboxylic acids is 1. The topological polar surface area (TPSA) is 59.6 Å². The first kappa shape index (κ1) is 16.7. The van der Waals surface area contributed by atoms with Gasteiger partial charge in [0.05, 0.1) is 14.2 Å². The number of rotatable bonds is 7. The average Bonchev–Trinajstić information content (AvgIpc) is 2.60. The molecule has 0 aliphatic carbocycles. The number of amides is 1. The number of hydrogen-bond donors (Lipinski definition) is 2. The number of nitrogens with one attached hydrogen (secondary N) is 2. The van der Waals surface area contributed by atoms with Crippen LogP contribution < -0.4 is 20.1 Å². The Hall–Kier alpha value is -2.69. The predicted octanol–water partition coefficient (Wildman–Crippen LogP) is 3.78. The molecule has 23 heavy (non-hydrogen) atoms. The fraction of sp³-hybridized carbons (Fsp3) is 0.278. The van der Waals surface area contributed by atoms with Crippen molar-refractivity contribution in [2.24, 2.45) is 0 Å². The fourth-order valence-corrected chi connectivity index (χ4v) is 2.08. The number of hydrogen-bond acceptors (Lipinski definition) is 4. The Morgan fingerprint density at radius 3 is 2.04 bits per heavy atom. The molecule has 0 unspecified atom stereocenters. The Kier molecular flexibility index (Phi) is 5.86. The molecule has 0 aliphatic heterocycles. The molecule has 0 radical (unpaired) electrons. The molecule has 0 atom stereocenters. The highest BCUT2D eigenvalue weighted by atomic mass is 16.5. The second-order valence-electron chi connectivity index (χ2n) is 5.06. The second kappa shape index (κ2) is 8.08. The van der Waals surface area contributed by atoms with Crippen LogP contribution in [0, 0.1) is 0 Å². The first-order valence-corrected chi connectivity index (χ1v) is 7.54. The molecule has 0 aromatic heterocycles. The minimum atomic E-state index is -0.212. The van der Waals surface area contributed by atoms with Crippen LogP contribution in [0.1, 0.15) is 23.7 Å². The van der Waals surface area contributed by atoms with E-state index in [0.717, 1.165) is 24.3 Å². The largest absolute Gasteiger partial charge is 0.497 e. The first-order chi connectivity index (χ1) is 11.2. The van der Waals surface area contributed by atoms with Crippen molar-refractivity contribution in [1.82, 2.24) is 0 Å². The van der Waals surface area contributed by atoms with Gasteiger partial charge in [0.25, 0.3) is 5.91 Å². The lowest BCUT2D eigenvalue weighted by molar-refractivity contribution is 0.102. The number of benzene rings is 2. The molecule has 0 spiro atoms. The molecular weight excluding hydrogens is 292 g/mol. The summed E-state index contributed by atoms with van der Waals surface area (Å²) >= 11 is 0. The highest BCUT2D eigenvalue weighted by Crippen LogP contribution is 2.23. The molecule has 2 N–H and O–H groups in total. The summed E-state index contributed by atoms with van der Waals surface area (Å²) in [6.07, 6.45) is 1.07. The third-order valence-electron chi connectivity index (χ3n) is 3.34. The minimum absolute atomic E-state index is 0.212. The first-order valence-electron chi connectivity index (χ1n) is 7.54. The van der Waals surface area contributed by atoms with E-state index in [2.05, 4.69) is 17.6 Å². The highest BCUT2D eigenvalue weighted by molar-refractivity contribution is 6.04. The molecule has 0 fully saturated rings. The maximum Gasteiger partial charge on any atom is 0.255 e.